The van der Waals surface area contributed by atoms with Gasteiger partial charge in [0.2, 0.25) is 0 Å². The van der Waals surface area contributed by atoms with Crippen LogP contribution in [0.3, 0.4) is 0 Å². The van der Waals surface area contributed by atoms with E-state index in [9.17, 15) is 9.32 Å². The Kier molecular flexibility index (Phi) is 4.32. The molecule has 0 amide bonds. The van der Waals surface area contributed by atoms with Crippen LogP contribution in [0, 0.1) is 6.92 Å². The van der Waals surface area contributed by atoms with Crippen LogP contribution >= 0.6 is 0 Å². The normalized spacial score (nSPS) is 15.4. The van der Waals surface area contributed by atoms with E-state index in [2.05, 4.69) is 4.72 Å². The lowest BCUT2D eigenvalue weighted by atomic mass is 10.1. The fourth-order valence-electron chi connectivity index (χ4n) is 1.89. The molecule has 0 aliphatic carbocycles. The van der Waals surface area contributed by atoms with Crippen LogP contribution in [0.1, 0.15) is 38.1 Å². The van der Waals surface area contributed by atoms with Crippen LogP contribution in [-0.2, 0) is 11.0 Å². The number of fused-ring (bicyclic) bond motifs is 1. The van der Waals surface area contributed by atoms with Gasteiger partial charge in [0.15, 0.2) is 0 Å². The van der Waals surface area contributed by atoms with Gasteiger partial charge in [0, 0.05) is 5.39 Å². The molecule has 2 N–H and O–H groups in total. The van der Waals surface area contributed by atoms with Gasteiger partial charge >= 0.3 is 0 Å². The summed E-state index contributed by atoms with van der Waals surface area (Å²) in [6.45, 7) is 7.49. The van der Waals surface area contributed by atoms with Crippen LogP contribution in [-0.4, -0.2) is 20.7 Å². The van der Waals surface area contributed by atoms with Crippen molar-refractivity contribution in [2.45, 2.75) is 38.5 Å². The minimum absolute atomic E-state index is 0.166. The number of nitrogens with one attached hydrogen (secondary N) is 1. The number of furan rings is 1. The van der Waals surface area contributed by atoms with Crippen LogP contribution in [0.4, 0.5) is 0 Å². The van der Waals surface area contributed by atoms with Crippen molar-refractivity contribution < 1.29 is 13.7 Å². The summed E-state index contributed by atoms with van der Waals surface area (Å²) in [4.78, 5) is 0. The fraction of sp³-hybridized carbons (Fsp3) is 0.467. The first-order chi connectivity index (χ1) is 9.32. The lowest BCUT2D eigenvalue weighted by Gasteiger charge is -2.21. The second-order valence-corrected chi connectivity index (χ2v) is 7.87. The van der Waals surface area contributed by atoms with Crippen molar-refractivity contribution in [2.75, 3.05) is 6.61 Å². The molecule has 110 valence electrons. The predicted molar refractivity (Wildman–Crippen MR) is 81.8 cm³/mol. The largest absolute Gasteiger partial charge is 0.459 e. The molecule has 0 bridgehead atoms. The summed E-state index contributed by atoms with van der Waals surface area (Å²) in [5.41, 5.74) is 1.90. The molecule has 1 heterocycles. The average Bonchev–Trinajstić information content (AvgIpc) is 2.79. The standard InChI is InChI=1S/C15H21NO3S/c1-10-6-5-7-13-11(10)8-14(19-13)12(9-17)16-20(18)15(2,3)4/h5-8,12,16-17H,9H2,1-4H3/t12-,20+/m1/s1. The highest BCUT2D eigenvalue weighted by atomic mass is 32.2. The molecule has 0 aliphatic heterocycles. The molecule has 0 fully saturated rings. The van der Waals surface area contributed by atoms with Crippen LogP contribution in [0.25, 0.3) is 11.0 Å². The summed E-state index contributed by atoms with van der Waals surface area (Å²) < 4.78 is 20.4. The quantitative estimate of drug-likeness (QED) is 0.911. The van der Waals surface area contributed by atoms with E-state index in [-0.39, 0.29) is 6.61 Å². The van der Waals surface area contributed by atoms with E-state index in [0.29, 0.717) is 5.76 Å². The SMILES string of the molecule is Cc1cccc2oc([C@@H](CO)N[S@@](=O)C(C)(C)C)cc12. The number of hydrogen-bond acceptors (Lipinski definition) is 3. The Morgan fingerprint density at radius 2 is 2.10 bits per heavy atom. The van der Waals surface area contributed by atoms with Crippen molar-refractivity contribution in [3.8, 4) is 0 Å². The third kappa shape index (κ3) is 3.11. The summed E-state index contributed by atoms with van der Waals surface area (Å²) in [6, 6.07) is 7.26. The van der Waals surface area contributed by atoms with Gasteiger partial charge in [0.05, 0.1) is 22.3 Å². The van der Waals surface area contributed by atoms with E-state index in [4.69, 9.17) is 4.42 Å². The lowest BCUT2D eigenvalue weighted by molar-refractivity contribution is 0.245. The third-order valence-electron chi connectivity index (χ3n) is 3.13. The maximum absolute atomic E-state index is 12.1. The number of rotatable bonds is 4. The van der Waals surface area contributed by atoms with Gasteiger partial charge in [0.1, 0.15) is 17.4 Å². The molecule has 0 aliphatic rings. The number of benzene rings is 1. The van der Waals surface area contributed by atoms with Crippen molar-refractivity contribution >= 4 is 22.0 Å². The van der Waals surface area contributed by atoms with Gasteiger partial charge in [-0.25, -0.2) is 8.93 Å². The summed E-state index contributed by atoms with van der Waals surface area (Å²) in [7, 11) is -1.26. The molecule has 0 radical (unpaired) electrons. The van der Waals surface area contributed by atoms with Gasteiger partial charge in [0.25, 0.3) is 0 Å². The second-order valence-electron chi connectivity index (χ2n) is 5.87. The first-order valence-corrected chi connectivity index (χ1v) is 7.76. The zero-order valence-corrected chi connectivity index (χ0v) is 13.1. The molecule has 1 aromatic heterocycles. The van der Waals surface area contributed by atoms with Crippen molar-refractivity contribution in [3.63, 3.8) is 0 Å². The molecule has 0 spiro atoms. The summed E-state index contributed by atoms with van der Waals surface area (Å²) in [5, 5.41) is 10.5. The van der Waals surface area contributed by atoms with E-state index in [1.807, 2.05) is 52.0 Å². The van der Waals surface area contributed by atoms with E-state index in [1.54, 1.807) is 0 Å². The van der Waals surface area contributed by atoms with Gasteiger partial charge in [-0.3, -0.25) is 0 Å². The Morgan fingerprint density at radius 3 is 2.65 bits per heavy atom. The minimum atomic E-state index is -1.26. The summed E-state index contributed by atoms with van der Waals surface area (Å²) in [5.74, 6) is 0.606. The predicted octanol–water partition coefficient (Wildman–Crippen LogP) is 2.83. The van der Waals surface area contributed by atoms with Crippen molar-refractivity contribution in [1.82, 2.24) is 4.72 Å². The monoisotopic (exact) mass is 295 g/mol. The molecule has 5 heteroatoms. The van der Waals surface area contributed by atoms with Crippen LogP contribution < -0.4 is 4.72 Å². The Hall–Kier alpha value is -1.17. The fourth-order valence-corrected chi connectivity index (χ4v) is 2.69. The Bertz CT molecular complexity index is 628. The summed E-state index contributed by atoms with van der Waals surface area (Å²) >= 11 is 0. The van der Waals surface area contributed by atoms with Crippen LogP contribution in [0.2, 0.25) is 0 Å². The van der Waals surface area contributed by atoms with Crippen LogP contribution in [0.5, 0.6) is 0 Å². The van der Waals surface area contributed by atoms with Gasteiger partial charge in [-0.15, -0.1) is 0 Å². The first kappa shape index (κ1) is 15.2. The maximum Gasteiger partial charge on any atom is 0.134 e. The summed E-state index contributed by atoms with van der Waals surface area (Å²) in [6.07, 6.45) is 0. The Labute approximate surface area is 121 Å². The highest BCUT2D eigenvalue weighted by Gasteiger charge is 2.25. The molecule has 0 saturated carbocycles. The number of aliphatic hydroxyl groups excluding tert-OH is 1. The Balaban J connectivity index is 2.30. The Morgan fingerprint density at radius 1 is 1.40 bits per heavy atom. The molecular weight excluding hydrogens is 274 g/mol. The van der Waals surface area contributed by atoms with Gasteiger partial charge in [-0.1, -0.05) is 12.1 Å². The van der Waals surface area contributed by atoms with Crippen LogP contribution in [0.15, 0.2) is 28.7 Å². The molecule has 4 nitrogen and oxygen atoms in total. The van der Waals surface area contributed by atoms with Gasteiger partial charge in [-0.05, 0) is 45.4 Å². The molecule has 0 unspecified atom stereocenters. The highest BCUT2D eigenvalue weighted by Crippen LogP contribution is 2.27. The van der Waals surface area contributed by atoms with E-state index in [0.717, 1.165) is 16.5 Å². The minimum Gasteiger partial charge on any atom is -0.459 e. The molecule has 0 saturated heterocycles. The molecule has 20 heavy (non-hydrogen) atoms. The zero-order valence-electron chi connectivity index (χ0n) is 12.3. The second kappa shape index (κ2) is 5.68. The van der Waals surface area contributed by atoms with E-state index >= 15 is 0 Å². The maximum atomic E-state index is 12.1. The number of hydrogen-bond donors (Lipinski definition) is 2. The highest BCUT2D eigenvalue weighted by molar-refractivity contribution is 7.84. The lowest BCUT2D eigenvalue weighted by Crippen LogP contribution is -2.36. The zero-order chi connectivity index (χ0) is 14.9. The number of aryl methyl sites for hydroxylation is 1. The topological polar surface area (TPSA) is 62.5 Å². The van der Waals surface area contributed by atoms with E-state index in [1.165, 1.54) is 0 Å². The molecule has 1 aromatic carbocycles. The van der Waals surface area contributed by atoms with Crippen molar-refractivity contribution in [2.24, 2.45) is 0 Å². The average molecular weight is 295 g/mol. The molecule has 2 rings (SSSR count). The first-order valence-electron chi connectivity index (χ1n) is 6.61. The molecular formula is C15H21NO3S. The third-order valence-corrected chi connectivity index (χ3v) is 4.74. The van der Waals surface area contributed by atoms with Gasteiger partial charge in [-0.2, -0.15) is 0 Å². The molecule has 2 aromatic rings. The van der Waals surface area contributed by atoms with Gasteiger partial charge < -0.3 is 9.52 Å². The molecule has 2 atom stereocenters. The van der Waals surface area contributed by atoms with E-state index < -0.39 is 21.8 Å². The number of aliphatic hydroxyl groups is 1. The van der Waals surface area contributed by atoms with Crippen molar-refractivity contribution in [1.29, 1.82) is 0 Å². The smallest absolute Gasteiger partial charge is 0.134 e. The van der Waals surface area contributed by atoms with Crippen molar-refractivity contribution in [3.05, 3.63) is 35.6 Å².